The highest BCUT2D eigenvalue weighted by atomic mass is 16.5. The van der Waals surface area contributed by atoms with Crippen molar-refractivity contribution >= 4 is 16.8 Å². The van der Waals surface area contributed by atoms with Gasteiger partial charge in [-0.2, -0.15) is 0 Å². The molecule has 21 heavy (non-hydrogen) atoms. The van der Waals surface area contributed by atoms with E-state index >= 15 is 0 Å². The molecule has 4 rings (SSSR count). The van der Waals surface area contributed by atoms with E-state index < -0.39 is 0 Å². The fourth-order valence-corrected chi connectivity index (χ4v) is 3.60. The van der Waals surface area contributed by atoms with Gasteiger partial charge in [0.05, 0.1) is 19.3 Å². The van der Waals surface area contributed by atoms with Crippen LogP contribution in [0.2, 0.25) is 0 Å². The summed E-state index contributed by atoms with van der Waals surface area (Å²) in [5, 5.41) is 0. The van der Waals surface area contributed by atoms with Crippen molar-refractivity contribution in [2.24, 2.45) is 0 Å². The number of nitrogens with two attached hydrogens (primary N) is 1. The van der Waals surface area contributed by atoms with Gasteiger partial charge in [0.25, 0.3) is 0 Å². The maximum absolute atomic E-state index is 5.92. The predicted molar refractivity (Wildman–Crippen MR) is 80.8 cm³/mol. The van der Waals surface area contributed by atoms with Crippen LogP contribution in [-0.2, 0) is 11.3 Å². The van der Waals surface area contributed by atoms with E-state index in [0.29, 0.717) is 17.8 Å². The van der Waals surface area contributed by atoms with Gasteiger partial charge in [0, 0.05) is 24.3 Å². The Morgan fingerprint density at radius 1 is 1.29 bits per heavy atom. The predicted octanol–water partition coefficient (Wildman–Crippen LogP) is 2.55. The molecule has 2 fully saturated rings. The van der Waals surface area contributed by atoms with Crippen LogP contribution in [0.25, 0.3) is 11.1 Å². The van der Waals surface area contributed by atoms with Gasteiger partial charge in [-0.3, -0.25) is 4.90 Å². The molecule has 0 radical (unpaired) electrons. The molecule has 0 amide bonds. The van der Waals surface area contributed by atoms with Crippen LogP contribution < -0.4 is 5.73 Å². The van der Waals surface area contributed by atoms with Crippen LogP contribution >= 0.6 is 0 Å². The number of nitrogen functional groups attached to an aromatic ring is 1. The summed E-state index contributed by atoms with van der Waals surface area (Å²) in [6, 6.07) is 6.14. The summed E-state index contributed by atoms with van der Waals surface area (Å²) in [6.45, 7) is 2.54. The molecule has 0 bridgehead atoms. The van der Waals surface area contributed by atoms with Crippen molar-refractivity contribution < 1.29 is 9.15 Å². The smallest absolute Gasteiger partial charge is 0.209 e. The van der Waals surface area contributed by atoms with Crippen LogP contribution in [0.1, 0.15) is 31.6 Å². The number of oxazole rings is 1. The molecule has 2 aromatic rings. The first-order valence-electron chi connectivity index (χ1n) is 7.80. The minimum Gasteiger partial charge on any atom is -0.439 e. The Morgan fingerprint density at radius 2 is 2.19 bits per heavy atom. The van der Waals surface area contributed by atoms with Crippen molar-refractivity contribution in [3.05, 3.63) is 24.1 Å². The lowest BCUT2D eigenvalue weighted by molar-refractivity contribution is -0.0929. The van der Waals surface area contributed by atoms with Crippen molar-refractivity contribution in [1.29, 1.82) is 0 Å². The Balaban J connectivity index is 1.55. The zero-order chi connectivity index (χ0) is 14.2. The lowest BCUT2D eigenvalue weighted by Crippen LogP contribution is -2.52. The van der Waals surface area contributed by atoms with Crippen LogP contribution in [0, 0.1) is 0 Å². The number of hydrogen-bond acceptors (Lipinski definition) is 5. The van der Waals surface area contributed by atoms with Crippen LogP contribution in [0.15, 0.2) is 22.6 Å². The third-order valence-electron chi connectivity index (χ3n) is 4.64. The third-order valence-corrected chi connectivity index (χ3v) is 4.64. The minimum absolute atomic E-state index is 0.396. The molecule has 5 heteroatoms. The zero-order valence-corrected chi connectivity index (χ0v) is 12.1. The van der Waals surface area contributed by atoms with Gasteiger partial charge in [-0.15, -0.1) is 0 Å². The van der Waals surface area contributed by atoms with E-state index in [-0.39, 0.29) is 0 Å². The highest BCUT2D eigenvalue weighted by Crippen LogP contribution is 2.30. The number of rotatable bonds is 2. The summed E-state index contributed by atoms with van der Waals surface area (Å²) in [7, 11) is 0. The lowest BCUT2D eigenvalue weighted by atomic mass is 9.90. The molecule has 2 atom stereocenters. The second-order valence-corrected chi connectivity index (χ2v) is 6.07. The Bertz CT molecular complexity index is 637. The number of nitrogens with zero attached hydrogens (tertiary/aromatic N) is 2. The normalized spacial score (nSPS) is 26.9. The molecule has 2 N–H and O–H groups in total. The molecule has 1 saturated carbocycles. The fraction of sp³-hybridized carbons (Fsp3) is 0.562. The summed E-state index contributed by atoms with van der Waals surface area (Å²) in [5.74, 6) is 0.779. The molecule has 1 saturated heterocycles. The number of aromatic nitrogens is 1. The lowest BCUT2D eigenvalue weighted by Gasteiger charge is -2.43. The molecule has 2 heterocycles. The molecule has 2 unspecified atom stereocenters. The van der Waals surface area contributed by atoms with E-state index in [1.165, 1.54) is 25.7 Å². The number of ether oxygens (including phenoxy) is 1. The summed E-state index contributed by atoms with van der Waals surface area (Å²) < 4.78 is 11.8. The van der Waals surface area contributed by atoms with Crippen LogP contribution in [0.4, 0.5) is 5.69 Å². The van der Waals surface area contributed by atoms with E-state index in [0.717, 1.165) is 36.7 Å². The van der Waals surface area contributed by atoms with Crippen molar-refractivity contribution in [3.63, 3.8) is 0 Å². The Kier molecular flexibility index (Phi) is 3.31. The Labute approximate surface area is 124 Å². The van der Waals surface area contributed by atoms with E-state index in [4.69, 9.17) is 14.9 Å². The fourth-order valence-electron chi connectivity index (χ4n) is 3.60. The van der Waals surface area contributed by atoms with E-state index in [1.807, 2.05) is 18.2 Å². The molecule has 1 aliphatic carbocycles. The van der Waals surface area contributed by atoms with Gasteiger partial charge < -0.3 is 14.9 Å². The molecule has 1 aromatic heterocycles. The Hall–Kier alpha value is -1.59. The number of benzene rings is 1. The SMILES string of the molecule is Nc1ccc2nc(CN3CCOC4CCCCC43)oc2c1. The average molecular weight is 287 g/mol. The van der Waals surface area contributed by atoms with Crippen molar-refractivity contribution in [2.75, 3.05) is 18.9 Å². The summed E-state index contributed by atoms with van der Waals surface area (Å²) >= 11 is 0. The van der Waals surface area contributed by atoms with Crippen molar-refractivity contribution in [1.82, 2.24) is 9.88 Å². The first-order valence-corrected chi connectivity index (χ1v) is 7.80. The van der Waals surface area contributed by atoms with Gasteiger partial charge in [0.2, 0.25) is 5.89 Å². The standard InChI is InChI=1S/C16H21N3O2/c17-11-5-6-12-15(9-11)21-16(18-12)10-19-7-8-20-14-4-2-1-3-13(14)19/h5-6,9,13-14H,1-4,7-8,10,17H2. The highest BCUT2D eigenvalue weighted by Gasteiger charge is 2.34. The first-order chi connectivity index (χ1) is 10.3. The van der Waals surface area contributed by atoms with Gasteiger partial charge >= 0.3 is 0 Å². The number of morpholine rings is 1. The summed E-state index contributed by atoms with van der Waals surface area (Å²) in [5.41, 5.74) is 8.16. The number of fused-ring (bicyclic) bond motifs is 2. The molecule has 0 spiro atoms. The van der Waals surface area contributed by atoms with Crippen LogP contribution in [0.5, 0.6) is 0 Å². The molecule has 2 aliphatic rings. The van der Waals surface area contributed by atoms with Gasteiger partial charge in [0.1, 0.15) is 5.52 Å². The van der Waals surface area contributed by atoms with Crippen molar-refractivity contribution in [2.45, 2.75) is 44.4 Å². The molecule has 112 valence electrons. The highest BCUT2D eigenvalue weighted by molar-refractivity contribution is 5.76. The Morgan fingerprint density at radius 3 is 3.14 bits per heavy atom. The molecule has 1 aliphatic heterocycles. The summed E-state index contributed by atoms with van der Waals surface area (Å²) in [4.78, 5) is 7.05. The molecule has 1 aromatic carbocycles. The number of anilines is 1. The monoisotopic (exact) mass is 287 g/mol. The van der Waals surface area contributed by atoms with E-state index in [9.17, 15) is 0 Å². The van der Waals surface area contributed by atoms with Gasteiger partial charge in [-0.1, -0.05) is 12.8 Å². The third kappa shape index (κ3) is 2.51. The topological polar surface area (TPSA) is 64.5 Å². The van der Waals surface area contributed by atoms with Crippen molar-refractivity contribution in [3.8, 4) is 0 Å². The number of hydrogen-bond donors (Lipinski definition) is 1. The maximum atomic E-state index is 5.92. The van der Waals surface area contributed by atoms with Crippen LogP contribution in [0.3, 0.4) is 0 Å². The quantitative estimate of drug-likeness (QED) is 0.860. The van der Waals surface area contributed by atoms with E-state index in [2.05, 4.69) is 9.88 Å². The zero-order valence-electron chi connectivity index (χ0n) is 12.1. The van der Waals surface area contributed by atoms with Gasteiger partial charge in [0.15, 0.2) is 5.58 Å². The average Bonchev–Trinajstić information content (AvgIpc) is 2.89. The largest absolute Gasteiger partial charge is 0.439 e. The second kappa shape index (κ2) is 5.31. The first kappa shape index (κ1) is 13.1. The minimum atomic E-state index is 0.396. The van der Waals surface area contributed by atoms with Gasteiger partial charge in [-0.05, 0) is 25.0 Å². The van der Waals surface area contributed by atoms with E-state index in [1.54, 1.807) is 0 Å². The second-order valence-electron chi connectivity index (χ2n) is 6.07. The molecular weight excluding hydrogens is 266 g/mol. The maximum Gasteiger partial charge on any atom is 0.209 e. The van der Waals surface area contributed by atoms with Gasteiger partial charge in [-0.25, -0.2) is 4.98 Å². The molecular formula is C16H21N3O2. The summed E-state index contributed by atoms with van der Waals surface area (Å²) in [6.07, 6.45) is 5.39. The molecule has 5 nitrogen and oxygen atoms in total. The van der Waals surface area contributed by atoms with Crippen LogP contribution in [-0.4, -0.2) is 35.2 Å².